The number of likely N-dealkylation sites (tertiary alicyclic amines) is 1. The largest absolute Gasteiger partial charge is 0.359 e. The molecule has 100 valence electrons. The number of rotatable bonds is 2. The van der Waals surface area contributed by atoms with Crippen molar-refractivity contribution in [1.82, 2.24) is 10.2 Å². The lowest BCUT2D eigenvalue weighted by molar-refractivity contribution is 0.464. The van der Waals surface area contributed by atoms with E-state index in [9.17, 15) is 0 Å². The highest BCUT2D eigenvalue weighted by Gasteiger charge is 2.24. The van der Waals surface area contributed by atoms with Gasteiger partial charge in [-0.15, -0.1) is 24.0 Å². The maximum atomic E-state index is 4.26. The van der Waals surface area contributed by atoms with Gasteiger partial charge >= 0.3 is 0 Å². The van der Waals surface area contributed by atoms with Crippen molar-refractivity contribution in [1.29, 1.82) is 0 Å². The molecule has 0 spiro atoms. The molecule has 1 saturated heterocycles. The van der Waals surface area contributed by atoms with Gasteiger partial charge in [0.05, 0.1) is 0 Å². The Morgan fingerprint density at radius 1 is 1.39 bits per heavy atom. The van der Waals surface area contributed by atoms with Crippen LogP contribution in [0.15, 0.2) is 35.3 Å². The van der Waals surface area contributed by atoms with E-state index in [0.29, 0.717) is 0 Å². The van der Waals surface area contributed by atoms with Crippen LogP contribution in [0.3, 0.4) is 0 Å². The van der Waals surface area contributed by atoms with Gasteiger partial charge in [-0.25, -0.2) is 0 Å². The second kappa shape index (κ2) is 7.61. The molecule has 0 aliphatic carbocycles. The van der Waals surface area contributed by atoms with E-state index in [1.165, 1.54) is 18.4 Å². The summed E-state index contributed by atoms with van der Waals surface area (Å²) >= 11 is 0. The predicted molar refractivity (Wildman–Crippen MR) is 87.7 cm³/mol. The quantitative estimate of drug-likeness (QED) is 0.499. The van der Waals surface area contributed by atoms with Crippen LogP contribution in [0.4, 0.5) is 0 Å². The molecule has 0 aromatic heterocycles. The first-order chi connectivity index (χ1) is 8.33. The average Bonchev–Trinajstić information content (AvgIpc) is 2.81. The van der Waals surface area contributed by atoms with Crippen molar-refractivity contribution in [3.63, 3.8) is 0 Å². The van der Waals surface area contributed by atoms with E-state index in [2.05, 4.69) is 45.5 Å². The van der Waals surface area contributed by atoms with Crippen molar-refractivity contribution in [3.05, 3.63) is 35.9 Å². The molecular weight excluding hydrogens is 337 g/mol. The number of guanidine groups is 1. The van der Waals surface area contributed by atoms with Crippen molar-refractivity contribution >= 4 is 29.9 Å². The third-order valence-electron chi connectivity index (χ3n) is 3.39. The molecule has 0 amide bonds. The Morgan fingerprint density at radius 3 is 2.72 bits per heavy atom. The van der Waals surface area contributed by atoms with Crippen LogP contribution < -0.4 is 5.32 Å². The zero-order valence-electron chi connectivity index (χ0n) is 11.1. The normalized spacial score (nSPS) is 19.6. The summed E-state index contributed by atoms with van der Waals surface area (Å²) in [7, 11) is 3.78. The molecule has 1 aliphatic heterocycles. The highest BCUT2D eigenvalue weighted by atomic mass is 127. The molecule has 3 nitrogen and oxygen atoms in total. The van der Waals surface area contributed by atoms with Crippen LogP contribution in [0.25, 0.3) is 0 Å². The Bertz CT molecular complexity index is 378. The molecule has 0 radical (unpaired) electrons. The fourth-order valence-corrected chi connectivity index (χ4v) is 2.55. The molecular formula is C14H22IN3. The van der Waals surface area contributed by atoms with Crippen LogP contribution in [0, 0.1) is 5.92 Å². The summed E-state index contributed by atoms with van der Waals surface area (Å²) in [6, 6.07) is 10.8. The Balaban J connectivity index is 0.00000162. The molecule has 1 aliphatic rings. The van der Waals surface area contributed by atoms with Gasteiger partial charge in [0, 0.05) is 27.2 Å². The average molecular weight is 359 g/mol. The Morgan fingerprint density at radius 2 is 2.11 bits per heavy atom. The van der Waals surface area contributed by atoms with Crippen LogP contribution in [-0.4, -0.2) is 38.0 Å². The van der Waals surface area contributed by atoms with Crippen LogP contribution in [-0.2, 0) is 6.42 Å². The minimum atomic E-state index is 0. The summed E-state index contributed by atoms with van der Waals surface area (Å²) in [6.45, 7) is 2.23. The molecule has 1 heterocycles. The van der Waals surface area contributed by atoms with Gasteiger partial charge in [0.2, 0.25) is 0 Å². The number of aliphatic imine (C=N–C) groups is 1. The summed E-state index contributed by atoms with van der Waals surface area (Å²) in [6.07, 6.45) is 2.44. The first-order valence-electron chi connectivity index (χ1n) is 6.27. The van der Waals surface area contributed by atoms with Crippen molar-refractivity contribution in [2.75, 3.05) is 27.2 Å². The van der Waals surface area contributed by atoms with E-state index in [-0.39, 0.29) is 24.0 Å². The van der Waals surface area contributed by atoms with Crippen molar-refractivity contribution in [2.45, 2.75) is 12.8 Å². The fraction of sp³-hybridized carbons (Fsp3) is 0.500. The molecule has 1 N–H and O–H groups in total. The van der Waals surface area contributed by atoms with Crippen LogP contribution >= 0.6 is 24.0 Å². The number of benzene rings is 1. The van der Waals surface area contributed by atoms with E-state index in [1.807, 2.05) is 14.1 Å². The van der Waals surface area contributed by atoms with E-state index < -0.39 is 0 Å². The lowest BCUT2D eigenvalue weighted by atomic mass is 9.99. The lowest BCUT2D eigenvalue weighted by Crippen LogP contribution is -2.38. The molecule has 4 heteroatoms. The Hall–Kier alpha value is -0.780. The number of nitrogens with zero attached hydrogens (tertiary/aromatic N) is 2. The highest BCUT2D eigenvalue weighted by Crippen LogP contribution is 2.20. The number of nitrogens with one attached hydrogen (secondary N) is 1. The first-order valence-corrected chi connectivity index (χ1v) is 6.27. The highest BCUT2D eigenvalue weighted by molar-refractivity contribution is 14.0. The minimum absolute atomic E-state index is 0. The van der Waals surface area contributed by atoms with Gasteiger partial charge in [-0.2, -0.15) is 0 Å². The molecule has 1 atom stereocenters. The van der Waals surface area contributed by atoms with Crippen LogP contribution in [0.1, 0.15) is 12.0 Å². The standard InChI is InChI=1S/C14H21N3.HI/c1-15-14(16-2)17-9-8-13(11-17)10-12-6-4-3-5-7-12;/h3-7,13H,8-11H2,1-2H3,(H,15,16);1H. The monoisotopic (exact) mass is 359 g/mol. The van der Waals surface area contributed by atoms with Gasteiger partial charge in [-0.3, -0.25) is 4.99 Å². The second-order valence-electron chi connectivity index (χ2n) is 4.59. The van der Waals surface area contributed by atoms with Crippen molar-refractivity contribution in [2.24, 2.45) is 10.9 Å². The van der Waals surface area contributed by atoms with Crippen molar-refractivity contribution < 1.29 is 0 Å². The van der Waals surface area contributed by atoms with E-state index >= 15 is 0 Å². The molecule has 1 aromatic carbocycles. The van der Waals surface area contributed by atoms with E-state index in [0.717, 1.165) is 25.0 Å². The van der Waals surface area contributed by atoms with Crippen LogP contribution in [0.2, 0.25) is 0 Å². The molecule has 0 saturated carbocycles. The summed E-state index contributed by atoms with van der Waals surface area (Å²) < 4.78 is 0. The minimum Gasteiger partial charge on any atom is -0.359 e. The van der Waals surface area contributed by atoms with Crippen LogP contribution in [0.5, 0.6) is 0 Å². The third-order valence-corrected chi connectivity index (χ3v) is 3.39. The summed E-state index contributed by atoms with van der Waals surface area (Å²) in [4.78, 5) is 6.60. The molecule has 18 heavy (non-hydrogen) atoms. The third kappa shape index (κ3) is 3.86. The topological polar surface area (TPSA) is 27.6 Å². The number of halogens is 1. The van der Waals surface area contributed by atoms with Gasteiger partial charge in [0.25, 0.3) is 0 Å². The second-order valence-corrected chi connectivity index (χ2v) is 4.59. The lowest BCUT2D eigenvalue weighted by Gasteiger charge is -2.19. The molecule has 1 fully saturated rings. The Labute approximate surface area is 127 Å². The van der Waals surface area contributed by atoms with Gasteiger partial charge < -0.3 is 10.2 Å². The number of hydrogen-bond acceptors (Lipinski definition) is 1. The fourth-order valence-electron chi connectivity index (χ4n) is 2.55. The zero-order valence-corrected chi connectivity index (χ0v) is 13.4. The zero-order chi connectivity index (χ0) is 12.1. The van der Waals surface area contributed by atoms with Gasteiger partial charge in [-0.1, -0.05) is 30.3 Å². The van der Waals surface area contributed by atoms with Crippen molar-refractivity contribution in [3.8, 4) is 0 Å². The molecule has 1 unspecified atom stereocenters. The smallest absolute Gasteiger partial charge is 0.193 e. The molecule has 1 aromatic rings. The maximum Gasteiger partial charge on any atom is 0.193 e. The summed E-state index contributed by atoms with van der Waals surface area (Å²) in [5.74, 6) is 1.77. The maximum absolute atomic E-state index is 4.26. The Kier molecular flexibility index (Phi) is 6.46. The van der Waals surface area contributed by atoms with E-state index in [4.69, 9.17) is 0 Å². The molecule has 0 bridgehead atoms. The summed E-state index contributed by atoms with van der Waals surface area (Å²) in [5.41, 5.74) is 1.44. The molecule has 2 rings (SSSR count). The summed E-state index contributed by atoms with van der Waals surface area (Å²) in [5, 5.41) is 3.15. The number of hydrogen-bond donors (Lipinski definition) is 1. The van der Waals surface area contributed by atoms with Gasteiger partial charge in [0.1, 0.15) is 0 Å². The van der Waals surface area contributed by atoms with Gasteiger partial charge in [0.15, 0.2) is 5.96 Å². The predicted octanol–water partition coefficient (Wildman–Crippen LogP) is 2.37. The van der Waals surface area contributed by atoms with E-state index in [1.54, 1.807) is 0 Å². The van der Waals surface area contributed by atoms with Gasteiger partial charge in [-0.05, 0) is 24.3 Å². The first kappa shape index (κ1) is 15.3. The SMILES string of the molecule is CN=C(NC)N1CCC(Cc2ccccc2)C1.I.